The summed E-state index contributed by atoms with van der Waals surface area (Å²) in [6.07, 6.45) is 2.40. The molecule has 0 bridgehead atoms. The summed E-state index contributed by atoms with van der Waals surface area (Å²) in [5.41, 5.74) is 6.16. The van der Waals surface area contributed by atoms with Crippen molar-refractivity contribution in [3.05, 3.63) is 29.8 Å². The molecule has 2 rings (SSSR count). The molecule has 2 unspecified atom stereocenters. The van der Waals surface area contributed by atoms with Gasteiger partial charge in [0.15, 0.2) is 0 Å². The lowest BCUT2D eigenvalue weighted by molar-refractivity contribution is -0.145. The fourth-order valence-corrected chi connectivity index (χ4v) is 2.78. The van der Waals surface area contributed by atoms with Crippen LogP contribution in [0.2, 0.25) is 0 Å². The molecule has 0 saturated heterocycles. The molecule has 1 aromatic rings. The van der Waals surface area contributed by atoms with Gasteiger partial charge in [0.2, 0.25) is 0 Å². The van der Waals surface area contributed by atoms with Gasteiger partial charge >= 0.3 is 5.97 Å². The molecule has 0 amide bonds. The van der Waals surface area contributed by atoms with E-state index in [4.69, 9.17) is 10.5 Å². The monoisotopic (exact) mass is 291 g/mol. The van der Waals surface area contributed by atoms with Crippen LogP contribution in [0.4, 0.5) is 0 Å². The topological polar surface area (TPSA) is 72.5 Å². The molecule has 1 aliphatic rings. The first kappa shape index (κ1) is 15.8. The van der Waals surface area contributed by atoms with Crippen molar-refractivity contribution < 1.29 is 14.6 Å². The van der Waals surface area contributed by atoms with Crippen LogP contribution in [0, 0.1) is 0 Å². The van der Waals surface area contributed by atoms with Gasteiger partial charge in [-0.25, -0.2) is 0 Å². The number of benzene rings is 1. The van der Waals surface area contributed by atoms with Crippen LogP contribution in [0.3, 0.4) is 0 Å². The highest BCUT2D eigenvalue weighted by Crippen LogP contribution is 2.30. The van der Waals surface area contributed by atoms with Crippen molar-refractivity contribution in [1.29, 1.82) is 0 Å². The van der Waals surface area contributed by atoms with E-state index in [1.807, 2.05) is 12.1 Å². The molecule has 116 valence electrons. The molecule has 1 aliphatic carbocycles. The lowest BCUT2D eigenvalue weighted by Crippen LogP contribution is -2.53. The van der Waals surface area contributed by atoms with Crippen molar-refractivity contribution in [2.24, 2.45) is 5.73 Å². The minimum Gasteiger partial charge on any atom is -0.490 e. The summed E-state index contributed by atoms with van der Waals surface area (Å²) in [5.74, 6) is -0.151. The third-order valence-electron chi connectivity index (χ3n) is 4.19. The first-order valence-corrected chi connectivity index (χ1v) is 7.50. The molecule has 1 saturated carbocycles. The molecule has 4 heteroatoms. The highest BCUT2D eigenvalue weighted by molar-refractivity contribution is 5.78. The SMILES string of the molecule is CC(C)(C)c1ccc(OC2CCCC(N)(C(=O)O)C2)cc1. The zero-order chi connectivity index (χ0) is 15.7. The summed E-state index contributed by atoms with van der Waals surface area (Å²) < 4.78 is 5.93. The third kappa shape index (κ3) is 3.76. The average molecular weight is 291 g/mol. The van der Waals surface area contributed by atoms with E-state index >= 15 is 0 Å². The fourth-order valence-electron chi connectivity index (χ4n) is 2.78. The summed E-state index contributed by atoms with van der Waals surface area (Å²) in [4.78, 5) is 11.2. The predicted octanol–water partition coefficient (Wildman–Crippen LogP) is 3.09. The van der Waals surface area contributed by atoms with E-state index in [2.05, 4.69) is 32.9 Å². The van der Waals surface area contributed by atoms with Gasteiger partial charge in [0, 0.05) is 6.42 Å². The van der Waals surface area contributed by atoms with Gasteiger partial charge in [-0.05, 0) is 42.4 Å². The first-order chi connectivity index (χ1) is 9.71. The minimum atomic E-state index is -1.14. The lowest BCUT2D eigenvalue weighted by Gasteiger charge is -2.34. The number of ether oxygens (including phenoxy) is 1. The number of hydrogen-bond acceptors (Lipinski definition) is 3. The normalized spacial score (nSPS) is 26.4. The molecule has 0 spiro atoms. The van der Waals surface area contributed by atoms with Crippen LogP contribution in [-0.2, 0) is 10.2 Å². The number of carboxylic acids is 1. The lowest BCUT2D eigenvalue weighted by atomic mass is 9.81. The Bertz CT molecular complexity index is 504. The molecule has 0 radical (unpaired) electrons. The highest BCUT2D eigenvalue weighted by Gasteiger charge is 2.40. The molecule has 21 heavy (non-hydrogen) atoms. The molecule has 1 fully saturated rings. The Balaban J connectivity index is 2.03. The zero-order valence-corrected chi connectivity index (χ0v) is 13.1. The summed E-state index contributed by atoms with van der Waals surface area (Å²) in [5, 5.41) is 9.23. The van der Waals surface area contributed by atoms with Crippen LogP contribution in [0.1, 0.15) is 52.0 Å². The maximum absolute atomic E-state index is 11.2. The maximum Gasteiger partial charge on any atom is 0.323 e. The number of nitrogens with two attached hydrogens (primary N) is 1. The van der Waals surface area contributed by atoms with E-state index in [0.717, 1.165) is 18.6 Å². The van der Waals surface area contributed by atoms with Gasteiger partial charge < -0.3 is 15.6 Å². The van der Waals surface area contributed by atoms with Gasteiger partial charge in [-0.2, -0.15) is 0 Å². The Hall–Kier alpha value is -1.55. The maximum atomic E-state index is 11.2. The molecular weight excluding hydrogens is 266 g/mol. The van der Waals surface area contributed by atoms with Gasteiger partial charge in [-0.1, -0.05) is 32.9 Å². The number of carboxylic acid groups (broad SMARTS) is 1. The van der Waals surface area contributed by atoms with Gasteiger partial charge in [-0.15, -0.1) is 0 Å². The number of aliphatic carboxylic acids is 1. The van der Waals surface area contributed by atoms with Crippen molar-refractivity contribution in [2.75, 3.05) is 0 Å². The smallest absolute Gasteiger partial charge is 0.323 e. The molecule has 1 aromatic carbocycles. The summed E-state index contributed by atoms with van der Waals surface area (Å²) in [6.45, 7) is 6.50. The third-order valence-corrected chi connectivity index (χ3v) is 4.19. The van der Waals surface area contributed by atoms with Gasteiger partial charge in [0.25, 0.3) is 0 Å². The van der Waals surface area contributed by atoms with E-state index < -0.39 is 11.5 Å². The molecular formula is C17H25NO3. The Labute approximate surface area is 126 Å². The van der Waals surface area contributed by atoms with Crippen LogP contribution in [0.5, 0.6) is 5.75 Å². The van der Waals surface area contributed by atoms with Gasteiger partial charge in [0.05, 0.1) is 0 Å². The molecule has 4 nitrogen and oxygen atoms in total. The Morgan fingerprint density at radius 2 is 1.95 bits per heavy atom. The van der Waals surface area contributed by atoms with Crippen molar-refractivity contribution in [3.8, 4) is 5.75 Å². The Morgan fingerprint density at radius 1 is 1.33 bits per heavy atom. The largest absolute Gasteiger partial charge is 0.490 e. The number of hydrogen-bond donors (Lipinski definition) is 2. The van der Waals surface area contributed by atoms with Crippen LogP contribution in [0.15, 0.2) is 24.3 Å². The first-order valence-electron chi connectivity index (χ1n) is 7.50. The van der Waals surface area contributed by atoms with E-state index in [0.29, 0.717) is 12.8 Å². The second-order valence-corrected chi connectivity index (χ2v) is 7.07. The average Bonchev–Trinajstić information content (AvgIpc) is 2.38. The van der Waals surface area contributed by atoms with Crippen LogP contribution in [0.25, 0.3) is 0 Å². The summed E-state index contributed by atoms with van der Waals surface area (Å²) in [7, 11) is 0. The summed E-state index contributed by atoms with van der Waals surface area (Å²) >= 11 is 0. The second kappa shape index (κ2) is 5.68. The zero-order valence-electron chi connectivity index (χ0n) is 13.1. The quantitative estimate of drug-likeness (QED) is 0.897. The Morgan fingerprint density at radius 3 is 2.48 bits per heavy atom. The Kier molecular flexibility index (Phi) is 4.28. The molecule has 0 heterocycles. The van der Waals surface area contributed by atoms with Crippen molar-refractivity contribution in [3.63, 3.8) is 0 Å². The van der Waals surface area contributed by atoms with Crippen LogP contribution >= 0.6 is 0 Å². The number of carbonyl (C=O) groups is 1. The van der Waals surface area contributed by atoms with Gasteiger partial charge in [-0.3, -0.25) is 4.79 Å². The van der Waals surface area contributed by atoms with Crippen molar-refractivity contribution >= 4 is 5.97 Å². The van der Waals surface area contributed by atoms with Crippen LogP contribution < -0.4 is 10.5 Å². The molecule has 2 atom stereocenters. The standard InChI is InChI=1S/C17H25NO3/c1-16(2,3)12-6-8-13(9-7-12)21-14-5-4-10-17(18,11-14)15(19)20/h6-9,14H,4-5,10-11,18H2,1-3H3,(H,19,20). The van der Waals surface area contributed by atoms with Crippen LogP contribution in [-0.4, -0.2) is 22.7 Å². The predicted molar refractivity (Wildman–Crippen MR) is 82.6 cm³/mol. The summed E-state index contributed by atoms with van der Waals surface area (Å²) in [6, 6.07) is 8.03. The minimum absolute atomic E-state index is 0.110. The highest BCUT2D eigenvalue weighted by atomic mass is 16.5. The van der Waals surface area contributed by atoms with E-state index in [1.54, 1.807) is 0 Å². The number of rotatable bonds is 3. The molecule has 0 aliphatic heterocycles. The van der Waals surface area contributed by atoms with Gasteiger partial charge in [0.1, 0.15) is 17.4 Å². The fraction of sp³-hybridized carbons (Fsp3) is 0.588. The molecule has 0 aromatic heterocycles. The van der Waals surface area contributed by atoms with E-state index in [-0.39, 0.29) is 11.5 Å². The van der Waals surface area contributed by atoms with Crippen molar-refractivity contribution in [2.45, 2.75) is 63.5 Å². The van der Waals surface area contributed by atoms with E-state index in [1.165, 1.54) is 5.56 Å². The van der Waals surface area contributed by atoms with Crippen molar-refractivity contribution in [1.82, 2.24) is 0 Å². The van der Waals surface area contributed by atoms with E-state index in [9.17, 15) is 9.90 Å². The second-order valence-electron chi connectivity index (χ2n) is 7.07. The molecule has 3 N–H and O–H groups in total.